The van der Waals surface area contributed by atoms with Crippen LogP contribution in [0.1, 0.15) is 34.1 Å². The lowest BCUT2D eigenvalue weighted by Gasteiger charge is -2.40. The highest BCUT2D eigenvalue weighted by molar-refractivity contribution is 4.86. The highest BCUT2D eigenvalue weighted by Crippen LogP contribution is 2.23. The van der Waals surface area contributed by atoms with E-state index in [0.29, 0.717) is 23.5 Å². The van der Waals surface area contributed by atoms with Crippen molar-refractivity contribution in [2.75, 3.05) is 33.8 Å². The second-order valence-corrected chi connectivity index (χ2v) is 6.51. The SMILES string of the molecule is CNC(CN1CCC(C)C(OC)C1)C(C)(C)C. The van der Waals surface area contributed by atoms with Gasteiger partial charge in [-0.15, -0.1) is 0 Å². The Labute approximate surface area is 107 Å². The quantitative estimate of drug-likeness (QED) is 0.816. The first-order valence-electron chi connectivity index (χ1n) is 6.81. The molecule has 3 nitrogen and oxygen atoms in total. The van der Waals surface area contributed by atoms with Crippen molar-refractivity contribution in [2.45, 2.75) is 46.3 Å². The molecule has 0 radical (unpaired) electrons. The van der Waals surface area contributed by atoms with Crippen molar-refractivity contribution >= 4 is 0 Å². The van der Waals surface area contributed by atoms with Crippen molar-refractivity contribution in [3.8, 4) is 0 Å². The van der Waals surface area contributed by atoms with Gasteiger partial charge in [0.25, 0.3) is 0 Å². The van der Waals surface area contributed by atoms with Crippen LogP contribution in [0.2, 0.25) is 0 Å². The third kappa shape index (κ3) is 4.23. The Kier molecular flexibility index (Phi) is 5.42. The van der Waals surface area contributed by atoms with Gasteiger partial charge in [0.15, 0.2) is 0 Å². The third-order valence-corrected chi connectivity index (χ3v) is 4.11. The monoisotopic (exact) mass is 242 g/mol. The topological polar surface area (TPSA) is 24.5 Å². The summed E-state index contributed by atoms with van der Waals surface area (Å²) in [4.78, 5) is 2.54. The molecular weight excluding hydrogens is 212 g/mol. The van der Waals surface area contributed by atoms with Gasteiger partial charge in [-0.3, -0.25) is 4.90 Å². The molecule has 1 aliphatic heterocycles. The van der Waals surface area contributed by atoms with Gasteiger partial charge >= 0.3 is 0 Å². The van der Waals surface area contributed by atoms with Gasteiger partial charge in [-0.25, -0.2) is 0 Å². The van der Waals surface area contributed by atoms with Crippen LogP contribution >= 0.6 is 0 Å². The number of nitrogens with zero attached hydrogens (tertiary/aromatic N) is 1. The fraction of sp³-hybridized carbons (Fsp3) is 1.00. The average Bonchev–Trinajstić information content (AvgIpc) is 2.26. The van der Waals surface area contributed by atoms with E-state index in [2.05, 4.69) is 45.0 Å². The molecule has 1 N–H and O–H groups in total. The molecule has 1 rings (SSSR count). The summed E-state index contributed by atoms with van der Waals surface area (Å²) in [5, 5.41) is 3.45. The van der Waals surface area contributed by atoms with Crippen LogP contribution in [-0.4, -0.2) is 50.8 Å². The number of ether oxygens (including phenoxy) is 1. The van der Waals surface area contributed by atoms with E-state index < -0.39 is 0 Å². The van der Waals surface area contributed by atoms with Crippen LogP contribution in [0.25, 0.3) is 0 Å². The molecule has 0 aromatic heterocycles. The molecular formula is C14H30N2O. The van der Waals surface area contributed by atoms with Crippen LogP contribution in [0.5, 0.6) is 0 Å². The van der Waals surface area contributed by atoms with E-state index in [9.17, 15) is 0 Å². The largest absolute Gasteiger partial charge is 0.380 e. The molecule has 102 valence electrons. The van der Waals surface area contributed by atoms with Crippen molar-refractivity contribution in [1.82, 2.24) is 10.2 Å². The number of rotatable bonds is 4. The molecule has 0 aliphatic carbocycles. The first kappa shape index (κ1) is 14.9. The second-order valence-electron chi connectivity index (χ2n) is 6.51. The standard InChI is InChI=1S/C14H30N2O/c1-11-7-8-16(9-12(11)17-6)10-13(15-5)14(2,3)4/h11-13,15H,7-10H2,1-6H3. The zero-order valence-corrected chi connectivity index (χ0v) is 12.4. The minimum atomic E-state index is 0.306. The van der Waals surface area contributed by atoms with Gasteiger partial charge in [-0.1, -0.05) is 27.7 Å². The van der Waals surface area contributed by atoms with Gasteiger partial charge in [0.2, 0.25) is 0 Å². The van der Waals surface area contributed by atoms with Gasteiger partial charge in [-0.05, 0) is 31.3 Å². The van der Waals surface area contributed by atoms with Gasteiger partial charge in [-0.2, -0.15) is 0 Å². The molecule has 3 unspecified atom stereocenters. The van der Waals surface area contributed by atoms with E-state index in [1.165, 1.54) is 13.0 Å². The van der Waals surface area contributed by atoms with Crippen LogP contribution in [-0.2, 0) is 4.74 Å². The van der Waals surface area contributed by atoms with Crippen LogP contribution in [0.15, 0.2) is 0 Å². The summed E-state index contributed by atoms with van der Waals surface area (Å²) in [6.07, 6.45) is 1.65. The lowest BCUT2D eigenvalue weighted by Crippen LogP contribution is -2.52. The minimum Gasteiger partial charge on any atom is -0.380 e. The zero-order valence-electron chi connectivity index (χ0n) is 12.4. The van der Waals surface area contributed by atoms with Crippen molar-refractivity contribution in [3.63, 3.8) is 0 Å². The van der Waals surface area contributed by atoms with E-state index in [-0.39, 0.29) is 0 Å². The van der Waals surface area contributed by atoms with Crippen LogP contribution in [0.3, 0.4) is 0 Å². The molecule has 1 heterocycles. The summed E-state index contributed by atoms with van der Waals surface area (Å²) < 4.78 is 5.57. The Hall–Kier alpha value is -0.120. The summed E-state index contributed by atoms with van der Waals surface area (Å²) in [6.45, 7) is 12.6. The van der Waals surface area contributed by atoms with Crippen LogP contribution in [0, 0.1) is 11.3 Å². The smallest absolute Gasteiger partial charge is 0.0724 e. The highest BCUT2D eigenvalue weighted by atomic mass is 16.5. The van der Waals surface area contributed by atoms with E-state index in [1.54, 1.807) is 0 Å². The maximum atomic E-state index is 5.57. The number of likely N-dealkylation sites (N-methyl/N-ethyl adjacent to an activating group) is 1. The Morgan fingerprint density at radius 3 is 2.53 bits per heavy atom. The molecule has 0 bridgehead atoms. The molecule has 0 aromatic rings. The maximum absolute atomic E-state index is 5.57. The molecule has 17 heavy (non-hydrogen) atoms. The number of piperidine rings is 1. The summed E-state index contributed by atoms with van der Waals surface area (Å²) in [5.41, 5.74) is 0.306. The predicted octanol–water partition coefficient (Wildman–Crippen LogP) is 1.98. The Morgan fingerprint density at radius 1 is 1.41 bits per heavy atom. The van der Waals surface area contributed by atoms with Crippen LogP contribution < -0.4 is 5.32 Å². The Bertz CT molecular complexity index is 225. The molecule has 1 saturated heterocycles. The summed E-state index contributed by atoms with van der Waals surface area (Å²) in [7, 11) is 3.90. The molecule has 0 spiro atoms. The number of methoxy groups -OCH3 is 1. The minimum absolute atomic E-state index is 0.306. The fourth-order valence-electron chi connectivity index (χ4n) is 2.63. The number of nitrogens with one attached hydrogen (secondary N) is 1. The maximum Gasteiger partial charge on any atom is 0.0724 e. The van der Waals surface area contributed by atoms with Crippen molar-refractivity contribution in [3.05, 3.63) is 0 Å². The summed E-state index contributed by atoms with van der Waals surface area (Å²) in [5.74, 6) is 0.693. The third-order valence-electron chi connectivity index (χ3n) is 4.11. The average molecular weight is 242 g/mol. The zero-order chi connectivity index (χ0) is 13.1. The predicted molar refractivity (Wildman–Crippen MR) is 73.3 cm³/mol. The molecule has 3 heteroatoms. The number of hydrogen-bond donors (Lipinski definition) is 1. The van der Waals surface area contributed by atoms with Crippen LogP contribution in [0.4, 0.5) is 0 Å². The van der Waals surface area contributed by atoms with Gasteiger partial charge < -0.3 is 10.1 Å². The fourth-order valence-corrected chi connectivity index (χ4v) is 2.63. The number of hydrogen-bond acceptors (Lipinski definition) is 3. The van der Waals surface area contributed by atoms with Gasteiger partial charge in [0.1, 0.15) is 0 Å². The second kappa shape index (κ2) is 6.17. The molecule has 0 saturated carbocycles. The molecule has 0 amide bonds. The lowest BCUT2D eigenvalue weighted by atomic mass is 9.85. The lowest BCUT2D eigenvalue weighted by molar-refractivity contribution is -0.0110. The summed E-state index contributed by atoms with van der Waals surface area (Å²) >= 11 is 0. The van der Waals surface area contributed by atoms with E-state index >= 15 is 0 Å². The van der Waals surface area contributed by atoms with Crippen molar-refractivity contribution < 1.29 is 4.74 Å². The van der Waals surface area contributed by atoms with Crippen molar-refractivity contribution in [1.29, 1.82) is 0 Å². The van der Waals surface area contributed by atoms with E-state index in [4.69, 9.17) is 4.74 Å². The number of likely N-dealkylation sites (tertiary alicyclic amines) is 1. The highest BCUT2D eigenvalue weighted by Gasteiger charge is 2.30. The molecule has 0 aromatic carbocycles. The first-order chi connectivity index (χ1) is 7.88. The first-order valence-corrected chi connectivity index (χ1v) is 6.81. The Morgan fingerprint density at radius 2 is 2.06 bits per heavy atom. The van der Waals surface area contributed by atoms with Crippen molar-refractivity contribution in [2.24, 2.45) is 11.3 Å². The molecule has 3 atom stereocenters. The van der Waals surface area contributed by atoms with Gasteiger partial charge in [0.05, 0.1) is 6.10 Å². The summed E-state index contributed by atoms with van der Waals surface area (Å²) in [6, 6.07) is 0.536. The van der Waals surface area contributed by atoms with Gasteiger partial charge in [0, 0.05) is 26.2 Å². The molecule has 1 fully saturated rings. The van der Waals surface area contributed by atoms with E-state index in [1.807, 2.05) is 7.11 Å². The van der Waals surface area contributed by atoms with E-state index in [0.717, 1.165) is 13.1 Å². The Balaban J connectivity index is 2.51. The molecule has 1 aliphatic rings. The normalized spacial score (nSPS) is 29.3.